The number of rotatable bonds is 7. The van der Waals surface area contributed by atoms with Gasteiger partial charge in [0.1, 0.15) is 0 Å². The molecule has 0 saturated carbocycles. The zero-order valence-corrected chi connectivity index (χ0v) is 18.6. The Morgan fingerprint density at radius 2 is 2.00 bits per heavy atom. The molecule has 1 N–H and O–H groups in total. The van der Waals surface area contributed by atoms with Crippen molar-refractivity contribution in [3.63, 3.8) is 0 Å². The maximum Gasteiger partial charge on any atom is 0.193 e. The minimum atomic E-state index is 0.670. The van der Waals surface area contributed by atoms with Crippen molar-refractivity contribution in [2.24, 2.45) is 10.9 Å². The molecule has 0 unspecified atom stereocenters. The van der Waals surface area contributed by atoms with Crippen molar-refractivity contribution < 1.29 is 9.47 Å². The Morgan fingerprint density at radius 3 is 2.72 bits per heavy atom. The Kier molecular flexibility index (Phi) is 8.90. The van der Waals surface area contributed by atoms with Crippen molar-refractivity contribution in [3.8, 4) is 0 Å². The highest BCUT2D eigenvalue weighted by Gasteiger charge is 2.21. The van der Waals surface area contributed by atoms with Crippen LogP contribution >= 0.6 is 11.6 Å². The van der Waals surface area contributed by atoms with Gasteiger partial charge in [0.25, 0.3) is 0 Å². The van der Waals surface area contributed by atoms with Crippen molar-refractivity contribution in [2.75, 3.05) is 71.1 Å². The van der Waals surface area contributed by atoms with E-state index in [-0.39, 0.29) is 0 Å². The molecule has 29 heavy (non-hydrogen) atoms. The molecule has 162 valence electrons. The molecule has 0 amide bonds. The summed E-state index contributed by atoms with van der Waals surface area (Å²) >= 11 is 6.19. The minimum absolute atomic E-state index is 0.670. The second-order valence-electron chi connectivity index (χ2n) is 7.86. The largest absolute Gasteiger partial charge is 0.381 e. The predicted molar refractivity (Wildman–Crippen MR) is 120 cm³/mol. The van der Waals surface area contributed by atoms with Gasteiger partial charge < -0.3 is 24.6 Å². The summed E-state index contributed by atoms with van der Waals surface area (Å²) in [5.74, 6) is 1.65. The van der Waals surface area contributed by atoms with Crippen LogP contribution in [0.3, 0.4) is 0 Å². The Hall–Kier alpha value is -1.50. The summed E-state index contributed by atoms with van der Waals surface area (Å²) in [6.07, 6.45) is 3.25. The van der Waals surface area contributed by atoms with Crippen molar-refractivity contribution in [2.45, 2.75) is 26.2 Å². The van der Waals surface area contributed by atoms with Crippen LogP contribution in [0.25, 0.3) is 0 Å². The van der Waals surface area contributed by atoms with E-state index in [9.17, 15) is 0 Å². The van der Waals surface area contributed by atoms with E-state index in [4.69, 9.17) is 21.1 Å². The van der Waals surface area contributed by atoms with Crippen molar-refractivity contribution >= 4 is 23.2 Å². The van der Waals surface area contributed by atoms with Gasteiger partial charge in [-0.15, -0.1) is 0 Å². The zero-order valence-electron chi connectivity index (χ0n) is 17.8. The number of nitrogens with one attached hydrogen (secondary N) is 1. The molecule has 3 rings (SSSR count). The number of ether oxygens (including phenoxy) is 2. The van der Waals surface area contributed by atoms with Gasteiger partial charge in [-0.3, -0.25) is 4.99 Å². The lowest BCUT2D eigenvalue weighted by Gasteiger charge is -2.38. The molecule has 0 aromatic heterocycles. The smallest absolute Gasteiger partial charge is 0.193 e. The highest BCUT2D eigenvalue weighted by molar-refractivity contribution is 6.30. The fraction of sp³-hybridized carbons (Fsp3) is 0.682. The molecule has 0 radical (unpaired) electrons. The van der Waals surface area contributed by atoms with Gasteiger partial charge in [0, 0.05) is 76.9 Å². The summed E-state index contributed by atoms with van der Waals surface area (Å²) in [6, 6.07) is 6.12. The second kappa shape index (κ2) is 11.6. The van der Waals surface area contributed by atoms with E-state index in [2.05, 4.69) is 39.2 Å². The van der Waals surface area contributed by atoms with Crippen molar-refractivity contribution in [1.82, 2.24) is 10.2 Å². The van der Waals surface area contributed by atoms with Crippen LogP contribution in [0.1, 0.15) is 24.8 Å². The molecule has 6 nitrogen and oxygen atoms in total. The highest BCUT2D eigenvalue weighted by Crippen LogP contribution is 2.25. The summed E-state index contributed by atoms with van der Waals surface area (Å²) in [5, 5.41) is 4.28. The third kappa shape index (κ3) is 6.76. The lowest BCUT2D eigenvalue weighted by atomic mass is 10.0. The number of halogens is 1. The molecule has 2 fully saturated rings. The van der Waals surface area contributed by atoms with Crippen LogP contribution in [0.4, 0.5) is 5.69 Å². The maximum atomic E-state index is 6.19. The topological polar surface area (TPSA) is 49.3 Å². The van der Waals surface area contributed by atoms with E-state index in [1.807, 2.05) is 13.1 Å². The molecule has 2 saturated heterocycles. The van der Waals surface area contributed by atoms with Gasteiger partial charge in [-0.2, -0.15) is 0 Å². The summed E-state index contributed by atoms with van der Waals surface area (Å²) < 4.78 is 11.2. The summed E-state index contributed by atoms with van der Waals surface area (Å²) in [5.41, 5.74) is 2.51. The zero-order chi connectivity index (χ0) is 20.5. The SMILES string of the molecule is CN=C(NCCCOCC1CCOCC1)N1CCN(c2cc(Cl)ccc2C)CC1. The van der Waals surface area contributed by atoms with Crippen LogP contribution in [0.5, 0.6) is 0 Å². The quantitative estimate of drug-likeness (QED) is 0.415. The van der Waals surface area contributed by atoms with Gasteiger partial charge in [0.05, 0.1) is 0 Å². The summed E-state index contributed by atoms with van der Waals surface area (Å²) in [7, 11) is 1.86. The molecular weight excluding hydrogens is 388 g/mol. The second-order valence-corrected chi connectivity index (χ2v) is 8.30. The lowest BCUT2D eigenvalue weighted by Crippen LogP contribution is -2.52. The van der Waals surface area contributed by atoms with E-state index < -0.39 is 0 Å². The minimum Gasteiger partial charge on any atom is -0.381 e. The van der Waals surface area contributed by atoms with Gasteiger partial charge in [-0.05, 0) is 49.8 Å². The highest BCUT2D eigenvalue weighted by atomic mass is 35.5. The fourth-order valence-electron chi connectivity index (χ4n) is 3.95. The van der Waals surface area contributed by atoms with Crippen LogP contribution < -0.4 is 10.2 Å². The number of benzene rings is 1. The van der Waals surface area contributed by atoms with E-state index in [1.54, 1.807) is 0 Å². The standard InChI is InChI=1S/C22H35ClN4O2/c1-18-4-5-20(23)16-21(18)26-9-11-27(12-10-26)22(24-2)25-8-3-13-29-17-19-6-14-28-15-7-19/h4-5,16,19H,3,6-15,17H2,1-2H3,(H,24,25). The Labute approximate surface area is 180 Å². The molecule has 0 atom stereocenters. The molecular formula is C22H35ClN4O2. The van der Waals surface area contributed by atoms with E-state index in [0.717, 1.165) is 89.4 Å². The third-order valence-electron chi connectivity index (χ3n) is 5.75. The Bertz CT molecular complexity index is 656. The van der Waals surface area contributed by atoms with Gasteiger partial charge in [0.15, 0.2) is 5.96 Å². The third-order valence-corrected chi connectivity index (χ3v) is 5.98. The molecule has 2 heterocycles. The Balaban J connectivity index is 1.34. The maximum absolute atomic E-state index is 6.19. The van der Waals surface area contributed by atoms with Crippen LogP contribution in [0, 0.1) is 12.8 Å². The first-order valence-corrected chi connectivity index (χ1v) is 11.2. The van der Waals surface area contributed by atoms with Crippen LogP contribution in [0.15, 0.2) is 23.2 Å². The van der Waals surface area contributed by atoms with Gasteiger partial charge >= 0.3 is 0 Å². The first kappa shape index (κ1) is 22.2. The first-order valence-electron chi connectivity index (χ1n) is 10.8. The average Bonchev–Trinajstić information content (AvgIpc) is 2.76. The van der Waals surface area contributed by atoms with E-state index in [0.29, 0.717) is 5.92 Å². The average molecular weight is 423 g/mol. The van der Waals surface area contributed by atoms with Crippen molar-refractivity contribution in [3.05, 3.63) is 28.8 Å². The molecule has 0 aliphatic carbocycles. The predicted octanol–water partition coefficient (Wildman–Crippen LogP) is 3.18. The lowest BCUT2D eigenvalue weighted by molar-refractivity contribution is 0.0203. The molecule has 2 aliphatic rings. The van der Waals surface area contributed by atoms with Gasteiger partial charge in [-0.25, -0.2) is 0 Å². The fourth-order valence-corrected chi connectivity index (χ4v) is 4.12. The summed E-state index contributed by atoms with van der Waals surface area (Å²) in [6.45, 7) is 10.3. The molecule has 2 aliphatic heterocycles. The number of piperazine rings is 1. The van der Waals surface area contributed by atoms with Crippen molar-refractivity contribution in [1.29, 1.82) is 0 Å². The van der Waals surface area contributed by atoms with Gasteiger partial charge in [0.2, 0.25) is 0 Å². The summed E-state index contributed by atoms with van der Waals surface area (Å²) in [4.78, 5) is 9.21. The monoisotopic (exact) mass is 422 g/mol. The number of guanidine groups is 1. The number of hydrogen-bond acceptors (Lipinski definition) is 4. The first-order chi connectivity index (χ1) is 14.2. The number of nitrogens with zero attached hydrogens (tertiary/aromatic N) is 3. The molecule has 7 heteroatoms. The molecule has 0 spiro atoms. The van der Waals surface area contributed by atoms with E-state index in [1.165, 1.54) is 11.3 Å². The molecule has 1 aromatic rings. The normalized spacial score (nSPS) is 18.9. The number of aliphatic imine (C=N–C) groups is 1. The van der Waals surface area contributed by atoms with Crippen LogP contribution in [0.2, 0.25) is 5.02 Å². The number of hydrogen-bond donors (Lipinski definition) is 1. The number of anilines is 1. The molecule has 0 bridgehead atoms. The Morgan fingerprint density at radius 1 is 1.24 bits per heavy atom. The van der Waals surface area contributed by atoms with Crippen LogP contribution in [-0.4, -0.2) is 77.1 Å². The van der Waals surface area contributed by atoms with E-state index >= 15 is 0 Å². The number of aryl methyl sites for hydroxylation is 1. The van der Waals surface area contributed by atoms with Crippen LogP contribution in [-0.2, 0) is 9.47 Å². The van der Waals surface area contributed by atoms with Gasteiger partial charge in [-0.1, -0.05) is 17.7 Å². The molecule has 1 aromatic carbocycles.